The van der Waals surface area contributed by atoms with Crippen molar-refractivity contribution in [2.24, 2.45) is 0 Å². The number of amides is 1. The Hall–Kier alpha value is -2.51. The third-order valence-electron chi connectivity index (χ3n) is 3.25. The fourth-order valence-electron chi connectivity index (χ4n) is 2.16. The molecular weight excluding hydrogens is 312 g/mol. The number of benzene rings is 1. The van der Waals surface area contributed by atoms with Crippen molar-refractivity contribution in [2.45, 2.75) is 19.5 Å². The summed E-state index contributed by atoms with van der Waals surface area (Å²) in [6.07, 6.45) is 0. The highest BCUT2D eigenvalue weighted by atomic mass is 32.1. The third-order valence-corrected chi connectivity index (χ3v) is 3.88. The van der Waals surface area contributed by atoms with Gasteiger partial charge in [0.1, 0.15) is 11.8 Å². The van der Waals surface area contributed by atoms with Gasteiger partial charge in [-0.25, -0.2) is 4.98 Å². The standard InChI is InChI=1S/C16H16N4O2S/c1-11-7-14(20-22-11)19-16(21)15(12-5-3-2-4-6-12)17-8-13-9-23-10-18-13/h2-7,9-10,15,17H,8H2,1H3,(H,19,20,21). The van der Waals surface area contributed by atoms with Gasteiger partial charge in [0.2, 0.25) is 5.91 Å². The second kappa shape index (κ2) is 7.17. The number of carbonyl (C=O) groups is 1. The molecular formula is C16H16N4O2S. The van der Waals surface area contributed by atoms with E-state index in [1.165, 1.54) is 11.3 Å². The summed E-state index contributed by atoms with van der Waals surface area (Å²) in [6, 6.07) is 10.7. The number of aromatic nitrogens is 2. The van der Waals surface area contributed by atoms with Crippen molar-refractivity contribution in [2.75, 3.05) is 5.32 Å². The maximum absolute atomic E-state index is 12.6. The second-order valence-corrected chi connectivity index (χ2v) is 5.74. The second-order valence-electron chi connectivity index (χ2n) is 5.02. The van der Waals surface area contributed by atoms with Crippen LogP contribution in [0.3, 0.4) is 0 Å². The molecule has 3 rings (SSSR count). The zero-order valence-corrected chi connectivity index (χ0v) is 13.3. The van der Waals surface area contributed by atoms with Gasteiger partial charge in [0, 0.05) is 18.0 Å². The summed E-state index contributed by atoms with van der Waals surface area (Å²) < 4.78 is 4.98. The first-order chi connectivity index (χ1) is 11.2. The number of carbonyl (C=O) groups excluding carboxylic acids is 1. The monoisotopic (exact) mass is 328 g/mol. The summed E-state index contributed by atoms with van der Waals surface area (Å²) in [7, 11) is 0. The van der Waals surface area contributed by atoms with Gasteiger partial charge in [-0.3, -0.25) is 10.1 Å². The van der Waals surface area contributed by atoms with Crippen molar-refractivity contribution in [3.05, 3.63) is 64.3 Å². The molecule has 118 valence electrons. The van der Waals surface area contributed by atoms with Gasteiger partial charge in [-0.2, -0.15) is 0 Å². The Labute approximate surface area is 137 Å². The molecule has 7 heteroatoms. The Kier molecular flexibility index (Phi) is 4.80. The van der Waals surface area contributed by atoms with E-state index in [9.17, 15) is 4.79 Å². The normalized spacial score (nSPS) is 12.0. The lowest BCUT2D eigenvalue weighted by Gasteiger charge is -2.17. The average Bonchev–Trinajstić information content (AvgIpc) is 3.20. The molecule has 1 amide bonds. The number of nitrogens with one attached hydrogen (secondary N) is 2. The fraction of sp³-hybridized carbons (Fsp3) is 0.188. The van der Waals surface area contributed by atoms with Crippen molar-refractivity contribution < 1.29 is 9.32 Å². The zero-order chi connectivity index (χ0) is 16.1. The van der Waals surface area contributed by atoms with E-state index in [1.54, 1.807) is 18.5 Å². The van der Waals surface area contributed by atoms with E-state index in [4.69, 9.17) is 4.52 Å². The Morgan fingerprint density at radius 1 is 1.35 bits per heavy atom. The van der Waals surface area contributed by atoms with Crippen molar-refractivity contribution in [1.29, 1.82) is 0 Å². The van der Waals surface area contributed by atoms with Crippen LogP contribution in [0.2, 0.25) is 0 Å². The first kappa shape index (κ1) is 15.4. The van der Waals surface area contributed by atoms with Gasteiger partial charge in [-0.15, -0.1) is 11.3 Å². The molecule has 1 aromatic carbocycles. The van der Waals surface area contributed by atoms with Crippen LogP contribution < -0.4 is 10.6 Å². The molecule has 0 aliphatic heterocycles. The number of thiazole rings is 1. The van der Waals surface area contributed by atoms with Crippen molar-refractivity contribution >= 4 is 23.1 Å². The molecule has 0 fully saturated rings. The summed E-state index contributed by atoms with van der Waals surface area (Å²) in [5.41, 5.74) is 3.55. The van der Waals surface area contributed by atoms with Crippen molar-refractivity contribution in [3.63, 3.8) is 0 Å². The van der Waals surface area contributed by atoms with Crippen LogP contribution in [-0.4, -0.2) is 16.0 Å². The van der Waals surface area contributed by atoms with E-state index in [0.717, 1.165) is 11.3 Å². The van der Waals surface area contributed by atoms with Crippen LogP contribution in [0.15, 0.2) is 51.8 Å². The van der Waals surface area contributed by atoms with Gasteiger partial charge in [0.05, 0.1) is 11.2 Å². The van der Waals surface area contributed by atoms with Gasteiger partial charge >= 0.3 is 0 Å². The first-order valence-corrected chi connectivity index (χ1v) is 8.06. The van der Waals surface area contributed by atoms with Crippen LogP contribution >= 0.6 is 11.3 Å². The van der Waals surface area contributed by atoms with Gasteiger partial charge in [0.25, 0.3) is 0 Å². The number of hydrogen-bond acceptors (Lipinski definition) is 6. The van der Waals surface area contributed by atoms with Crippen LogP contribution in [0.5, 0.6) is 0 Å². The molecule has 0 spiro atoms. The molecule has 0 radical (unpaired) electrons. The van der Waals surface area contributed by atoms with Crippen LogP contribution in [0.25, 0.3) is 0 Å². The SMILES string of the molecule is Cc1cc(NC(=O)C(NCc2cscn2)c2ccccc2)no1. The minimum Gasteiger partial charge on any atom is -0.360 e. The van der Waals surface area contributed by atoms with E-state index >= 15 is 0 Å². The summed E-state index contributed by atoms with van der Waals surface area (Å²) in [4.78, 5) is 16.8. The van der Waals surface area contributed by atoms with Gasteiger partial charge in [-0.05, 0) is 12.5 Å². The summed E-state index contributed by atoms with van der Waals surface area (Å²) in [5, 5.41) is 11.8. The molecule has 1 atom stereocenters. The molecule has 3 aromatic rings. The molecule has 2 heterocycles. The average molecular weight is 328 g/mol. The molecule has 0 saturated heterocycles. The molecule has 2 N–H and O–H groups in total. The van der Waals surface area contributed by atoms with E-state index < -0.39 is 6.04 Å². The topological polar surface area (TPSA) is 80.0 Å². The summed E-state index contributed by atoms with van der Waals surface area (Å²) >= 11 is 1.53. The number of nitrogens with zero attached hydrogens (tertiary/aromatic N) is 2. The van der Waals surface area contributed by atoms with Gasteiger partial charge in [-0.1, -0.05) is 35.5 Å². The Bertz CT molecular complexity index is 756. The summed E-state index contributed by atoms with van der Waals surface area (Å²) in [6.45, 7) is 2.28. The predicted octanol–water partition coefficient (Wildman–Crippen LogP) is 2.91. The van der Waals surface area contributed by atoms with Crippen molar-refractivity contribution in [1.82, 2.24) is 15.5 Å². The lowest BCUT2D eigenvalue weighted by molar-refractivity contribution is -0.118. The Balaban J connectivity index is 1.75. The highest BCUT2D eigenvalue weighted by molar-refractivity contribution is 7.07. The van der Waals surface area contributed by atoms with E-state index in [0.29, 0.717) is 18.1 Å². The minimum atomic E-state index is -0.505. The highest BCUT2D eigenvalue weighted by Crippen LogP contribution is 2.17. The van der Waals surface area contributed by atoms with Crippen molar-refractivity contribution in [3.8, 4) is 0 Å². The molecule has 23 heavy (non-hydrogen) atoms. The molecule has 1 unspecified atom stereocenters. The minimum absolute atomic E-state index is 0.195. The van der Waals surface area contributed by atoms with Crippen LogP contribution in [0.4, 0.5) is 5.82 Å². The quantitative estimate of drug-likeness (QED) is 0.727. The predicted molar refractivity (Wildman–Crippen MR) is 88.0 cm³/mol. The highest BCUT2D eigenvalue weighted by Gasteiger charge is 2.21. The number of hydrogen-bond donors (Lipinski definition) is 2. The summed E-state index contributed by atoms with van der Waals surface area (Å²) in [5.74, 6) is 0.857. The third kappa shape index (κ3) is 4.02. The van der Waals surface area contributed by atoms with E-state index in [2.05, 4.69) is 20.8 Å². The maximum atomic E-state index is 12.6. The first-order valence-electron chi connectivity index (χ1n) is 7.12. The molecule has 0 aliphatic carbocycles. The molecule has 6 nitrogen and oxygen atoms in total. The Morgan fingerprint density at radius 2 is 2.17 bits per heavy atom. The van der Waals surface area contributed by atoms with E-state index in [1.807, 2.05) is 35.7 Å². The van der Waals surface area contributed by atoms with Crippen LogP contribution in [-0.2, 0) is 11.3 Å². The van der Waals surface area contributed by atoms with Crippen LogP contribution in [0.1, 0.15) is 23.1 Å². The lowest BCUT2D eigenvalue weighted by atomic mass is 10.1. The number of aryl methyl sites for hydroxylation is 1. The molecule has 0 aliphatic rings. The Morgan fingerprint density at radius 3 is 2.83 bits per heavy atom. The zero-order valence-electron chi connectivity index (χ0n) is 12.5. The number of rotatable bonds is 6. The van der Waals surface area contributed by atoms with E-state index in [-0.39, 0.29) is 5.91 Å². The molecule has 0 saturated carbocycles. The lowest BCUT2D eigenvalue weighted by Crippen LogP contribution is -2.32. The smallest absolute Gasteiger partial charge is 0.247 e. The molecule has 2 aromatic heterocycles. The van der Waals surface area contributed by atoms with Gasteiger partial charge < -0.3 is 9.84 Å². The van der Waals surface area contributed by atoms with Crippen LogP contribution in [0, 0.1) is 6.92 Å². The molecule has 0 bridgehead atoms. The van der Waals surface area contributed by atoms with Gasteiger partial charge in [0.15, 0.2) is 5.82 Å². The maximum Gasteiger partial charge on any atom is 0.247 e. The largest absolute Gasteiger partial charge is 0.360 e. The number of anilines is 1. The fourth-order valence-corrected chi connectivity index (χ4v) is 2.72.